The SMILES string of the molecule is CCOc1ccccc1C(=O)N/N=C/c1ccc(OC(=O)c2ccc(C)cc2)cc1. The Kier molecular flexibility index (Phi) is 6.95. The van der Waals surface area contributed by atoms with Gasteiger partial charge in [-0.15, -0.1) is 0 Å². The van der Waals surface area contributed by atoms with Gasteiger partial charge < -0.3 is 9.47 Å². The Morgan fingerprint density at radius 2 is 1.67 bits per heavy atom. The van der Waals surface area contributed by atoms with Crippen LogP contribution in [-0.4, -0.2) is 24.7 Å². The zero-order chi connectivity index (χ0) is 21.3. The van der Waals surface area contributed by atoms with Crippen LogP contribution in [-0.2, 0) is 0 Å². The molecule has 6 nitrogen and oxygen atoms in total. The van der Waals surface area contributed by atoms with Gasteiger partial charge in [0.25, 0.3) is 5.91 Å². The average Bonchev–Trinajstić information content (AvgIpc) is 2.76. The van der Waals surface area contributed by atoms with Crippen LogP contribution in [0.2, 0.25) is 0 Å². The van der Waals surface area contributed by atoms with E-state index in [-0.39, 0.29) is 5.91 Å². The number of carbonyl (C=O) groups excluding carboxylic acids is 2. The lowest BCUT2D eigenvalue weighted by Crippen LogP contribution is -2.18. The Bertz CT molecular complexity index is 1040. The Hall–Kier alpha value is -3.93. The molecule has 0 radical (unpaired) electrons. The van der Waals surface area contributed by atoms with Gasteiger partial charge in [-0.1, -0.05) is 29.8 Å². The van der Waals surface area contributed by atoms with Gasteiger partial charge in [-0.2, -0.15) is 5.10 Å². The van der Waals surface area contributed by atoms with Crippen LogP contribution in [0.4, 0.5) is 0 Å². The smallest absolute Gasteiger partial charge is 0.343 e. The molecule has 152 valence electrons. The minimum Gasteiger partial charge on any atom is -0.493 e. The molecule has 0 saturated carbocycles. The van der Waals surface area contributed by atoms with Gasteiger partial charge in [0.2, 0.25) is 0 Å². The molecule has 3 aromatic carbocycles. The molecule has 3 rings (SSSR count). The fourth-order valence-corrected chi connectivity index (χ4v) is 2.64. The van der Waals surface area contributed by atoms with Crippen molar-refractivity contribution < 1.29 is 19.1 Å². The summed E-state index contributed by atoms with van der Waals surface area (Å²) < 4.78 is 10.8. The van der Waals surface area contributed by atoms with Crippen molar-refractivity contribution >= 4 is 18.1 Å². The highest BCUT2D eigenvalue weighted by atomic mass is 16.5. The summed E-state index contributed by atoms with van der Waals surface area (Å²) >= 11 is 0. The number of nitrogens with one attached hydrogen (secondary N) is 1. The van der Waals surface area contributed by atoms with Crippen LogP contribution < -0.4 is 14.9 Å². The standard InChI is InChI=1S/C24H22N2O4/c1-3-29-22-7-5-4-6-21(22)23(27)26-25-16-18-10-14-20(15-11-18)30-24(28)19-12-8-17(2)9-13-19/h4-16H,3H2,1-2H3,(H,26,27)/b25-16+. The number of para-hydroxylation sites is 1. The molecule has 1 N–H and O–H groups in total. The van der Waals surface area contributed by atoms with Crippen molar-refractivity contribution in [3.8, 4) is 11.5 Å². The number of hydrogen-bond donors (Lipinski definition) is 1. The molecule has 0 atom stereocenters. The highest BCUT2D eigenvalue weighted by molar-refractivity contribution is 5.97. The normalized spacial score (nSPS) is 10.6. The second-order valence-electron chi connectivity index (χ2n) is 6.45. The minimum absolute atomic E-state index is 0.362. The number of benzene rings is 3. The molecule has 0 unspecified atom stereocenters. The van der Waals surface area contributed by atoms with Crippen molar-refractivity contribution in [1.29, 1.82) is 0 Å². The lowest BCUT2D eigenvalue weighted by molar-refractivity contribution is 0.0734. The highest BCUT2D eigenvalue weighted by Crippen LogP contribution is 2.18. The number of amides is 1. The summed E-state index contributed by atoms with van der Waals surface area (Å²) in [5.41, 5.74) is 5.20. The third-order valence-electron chi connectivity index (χ3n) is 4.19. The first-order valence-corrected chi connectivity index (χ1v) is 9.51. The second kappa shape index (κ2) is 10.0. The van der Waals surface area contributed by atoms with E-state index in [1.807, 2.05) is 26.0 Å². The van der Waals surface area contributed by atoms with E-state index in [0.717, 1.165) is 11.1 Å². The van der Waals surface area contributed by atoms with Crippen LogP contribution in [0.3, 0.4) is 0 Å². The Morgan fingerprint density at radius 1 is 0.967 bits per heavy atom. The molecular formula is C24H22N2O4. The van der Waals surface area contributed by atoms with Gasteiger partial charge in [0.05, 0.1) is 23.9 Å². The van der Waals surface area contributed by atoms with E-state index >= 15 is 0 Å². The predicted molar refractivity (Wildman–Crippen MR) is 115 cm³/mol. The zero-order valence-electron chi connectivity index (χ0n) is 16.8. The fourth-order valence-electron chi connectivity index (χ4n) is 2.64. The van der Waals surface area contributed by atoms with E-state index in [4.69, 9.17) is 9.47 Å². The van der Waals surface area contributed by atoms with E-state index in [0.29, 0.717) is 29.2 Å². The molecule has 0 aliphatic heterocycles. The molecule has 6 heteroatoms. The second-order valence-corrected chi connectivity index (χ2v) is 6.45. The quantitative estimate of drug-likeness (QED) is 0.275. The largest absolute Gasteiger partial charge is 0.493 e. The van der Waals surface area contributed by atoms with Crippen molar-refractivity contribution in [3.63, 3.8) is 0 Å². The number of nitrogens with zero attached hydrogens (tertiary/aromatic N) is 1. The third-order valence-corrected chi connectivity index (χ3v) is 4.19. The van der Waals surface area contributed by atoms with Gasteiger partial charge in [0, 0.05) is 0 Å². The number of rotatable bonds is 7. The van der Waals surface area contributed by atoms with Gasteiger partial charge in [-0.25, -0.2) is 10.2 Å². The molecule has 0 aliphatic rings. The van der Waals surface area contributed by atoms with E-state index < -0.39 is 5.97 Å². The number of hydrazone groups is 1. The number of hydrogen-bond acceptors (Lipinski definition) is 5. The maximum atomic E-state index is 12.3. The molecule has 0 saturated heterocycles. The molecule has 30 heavy (non-hydrogen) atoms. The topological polar surface area (TPSA) is 77.0 Å². The first-order chi connectivity index (χ1) is 14.6. The van der Waals surface area contributed by atoms with Crippen molar-refractivity contribution in [3.05, 3.63) is 95.1 Å². The summed E-state index contributed by atoms with van der Waals surface area (Å²) in [6.45, 7) is 4.28. The van der Waals surface area contributed by atoms with Crippen LogP contribution in [0, 0.1) is 6.92 Å². The van der Waals surface area contributed by atoms with Crippen LogP contribution in [0.25, 0.3) is 0 Å². The fraction of sp³-hybridized carbons (Fsp3) is 0.125. The van der Waals surface area contributed by atoms with Crippen LogP contribution in [0.15, 0.2) is 77.9 Å². The molecule has 0 heterocycles. The summed E-state index contributed by atoms with van der Waals surface area (Å²) in [7, 11) is 0. The molecular weight excluding hydrogens is 380 g/mol. The first-order valence-electron chi connectivity index (χ1n) is 9.51. The van der Waals surface area contributed by atoms with E-state index in [2.05, 4.69) is 10.5 Å². The number of esters is 1. The van der Waals surface area contributed by atoms with Gasteiger partial charge in [-0.05, 0) is 67.9 Å². The summed E-state index contributed by atoms with van der Waals surface area (Å²) in [6.07, 6.45) is 1.51. The monoisotopic (exact) mass is 402 g/mol. The van der Waals surface area contributed by atoms with Crippen LogP contribution in [0.5, 0.6) is 11.5 Å². The Balaban J connectivity index is 1.57. The molecule has 0 aliphatic carbocycles. The minimum atomic E-state index is -0.420. The molecule has 3 aromatic rings. The Morgan fingerprint density at radius 3 is 2.37 bits per heavy atom. The number of ether oxygens (including phenoxy) is 2. The van der Waals surface area contributed by atoms with E-state index in [1.165, 1.54) is 6.21 Å². The van der Waals surface area contributed by atoms with Crippen molar-refractivity contribution in [2.75, 3.05) is 6.61 Å². The summed E-state index contributed by atoms with van der Waals surface area (Å²) in [6, 6.07) is 21.0. The summed E-state index contributed by atoms with van der Waals surface area (Å²) in [5.74, 6) is 0.149. The lowest BCUT2D eigenvalue weighted by Gasteiger charge is -2.08. The molecule has 0 aromatic heterocycles. The Labute approximate surface area is 175 Å². The highest BCUT2D eigenvalue weighted by Gasteiger charge is 2.11. The van der Waals surface area contributed by atoms with Crippen molar-refractivity contribution in [2.45, 2.75) is 13.8 Å². The van der Waals surface area contributed by atoms with Crippen molar-refractivity contribution in [2.24, 2.45) is 5.10 Å². The van der Waals surface area contributed by atoms with E-state index in [1.54, 1.807) is 60.7 Å². The molecule has 1 amide bonds. The molecule has 0 bridgehead atoms. The lowest BCUT2D eigenvalue weighted by atomic mass is 10.1. The maximum Gasteiger partial charge on any atom is 0.343 e. The van der Waals surface area contributed by atoms with Crippen LogP contribution in [0.1, 0.15) is 38.8 Å². The zero-order valence-corrected chi connectivity index (χ0v) is 16.8. The number of carbonyl (C=O) groups is 2. The van der Waals surface area contributed by atoms with Gasteiger partial charge >= 0.3 is 5.97 Å². The van der Waals surface area contributed by atoms with Crippen LogP contribution >= 0.6 is 0 Å². The van der Waals surface area contributed by atoms with Crippen molar-refractivity contribution in [1.82, 2.24) is 5.43 Å². The summed E-state index contributed by atoms with van der Waals surface area (Å²) in [5, 5.41) is 3.98. The van der Waals surface area contributed by atoms with Gasteiger partial charge in [0.1, 0.15) is 11.5 Å². The summed E-state index contributed by atoms with van der Waals surface area (Å²) in [4.78, 5) is 24.5. The number of aryl methyl sites for hydroxylation is 1. The van der Waals surface area contributed by atoms with Gasteiger partial charge in [0.15, 0.2) is 0 Å². The third kappa shape index (κ3) is 5.54. The van der Waals surface area contributed by atoms with E-state index in [9.17, 15) is 9.59 Å². The maximum absolute atomic E-state index is 12.3. The molecule has 0 fully saturated rings. The predicted octanol–water partition coefficient (Wildman–Crippen LogP) is 4.38. The first kappa shape index (κ1) is 20.8. The van der Waals surface area contributed by atoms with Gasteiger partial charge in [-0.3, -0.25) is 4.79 Å². The molecule has 0 spiro atoms. The average molecular weight is 402 g/mol.